The summed E-state index contributed by atoms with van der Waals surface area (Å²) in [5, 5.41) is 2.32. The Hall–Kier alpha value is -1.55. The molecule has 0 bridgehead atoms. The number of para-hydroxylation sites is 1. The largest absolute Gasteiger partial charge is 0.479 e. The maximum absolute atomic E-state index is 12.3. The predicted molar refractivity (Wildman–Crippen MR) is 81.1 cm³/mol. The summed E-state index contributed by atoms with van der Waals surface area (Å²) in [6.45, 7) is 7.98. The zero-order valence-corrected chi connectivity index (χ0v) is 13.2. The van der Waals surface area contributed by atoms with Crippen LogP contribution in [0.1, 0.15) is 33.6 Å². The number of nitrogens with two attached hydrogens (primary N) is 1. The number of piperidine rings is 1. The fraction of sp³-hybridized carbons (Fsp3) is 0.588. The summed E-state index contributed by atoms with van der Waals surface area (Å²) < 4.78 is 11.4. The van der Waals surface area contributed by atoms with E-state index in [1.165, 1.54) is 0 Å². The van der Waals surface area contributed by atoms with Crippen molar-refractivity contribution in [3.63, 3.8) is 0 Å². The molecule has 1 saturated heterocycles. The third-order valence-corrected chi connectivity index (χ3v) is 4.17. The molecule has 0 saturated carbocycles. The lowest BCUT2D eigenvalue weighted by Gasteiger charge is -2.36. The van der Waals surface area contributed by atoms with E-state index in [1.807, 2.05) is 44.2 Å². The van der Waals surface area contributed by atoms with E-state index in [1.54, 1.807) is 6.92 Å². The van der Waals surface area contributed by atoms with Crippen molar-refractivity contribution in [2.24, 2.45) is 5.92 Å². The molecular formula is C17H26NO3+. The molecular weight excluding hydrogens is 266 g/mol. The van der Waals surface area contributed by atoms with Crippen molar-refractivity contribution in [3.8, 4) is 5.75 Å². The van der Waals surface area contributed by atoms with Gasteiger partial charge in [-0.25, -0.2) is 4.79 Å². The summed E-state index contributed by atoms with van der Waals surface area (Å²) in [6.07, 6.45) is 1.59. The Bertz CT molecular complexity index is 452. The molecule has 2 N–H and O–H groups in total. The minimum atomic E-state index is -0.596. The molecule has 0 amide bonds. The summed E-state index contributed by atoms with van der Waals surface area (Å²) in [6, 6.07) is 9.36. The first-order valence-electron chi connectivity index (χ1n) is 7.75. The standard InChI is InChI=1S/C17H25NO3/c1-13(20-15-7-5-4-6-8-15)16(19)21-17(2,3)14-9-11-18-12-10-14/h4-8,13-14,18H,9-12H2,1-3H3/p+1. The smallest absolute Gasteiger partial charge is 0.347 e. The van der Waals surface area contributed by atoms with Crippen LogP contribution < -0.4 is 10.1 Å². The molecule has 21 heavy (non-hydrogen) atoms. The molecule has 2 rings (SSSR count). The lowest BCUT2D eigenvalue weighted by molar-refractivity contribution is -0.665. The summed E-state index contributed by atoms with van der Waals surface area (Å²) in [5.41, 5.74) is -0.431. The summed E-state index contributed by atoms with van der Waals surface area (Å²) >= 11 is 0. The van der Waals surface area contributed by atoms with Crippen molar-refractivity contribution in [1.82, 2.24) is 0 Å². The van der Waals surface area contributed by atoms with E-state index >= 15 is 0 Å². The predicted octanol–water partition coefficient (Wildman–Crippen LogP) is 1.75. The van der Waals surface area contributed by atoms with Crippen LogP contribution in [0.5, 0.6) is 5.75 Å². The Balaban J connectivity index is 1.90. The Morgan fingerprint density at radius 1 is 1.24 bits per heavy atom. The van der Waals surface area contributed by atoms with Crippen LogP contribution in [0.15, 0.2) is 30.3 Å². The lowest BCUT2D eigenvalue weighted by Crippen LogP contribution is -2.86. The van der Waals surface area contributed by atoms with Crippen LogP contribution >= 0.6 is 0 Å². The Labute approximate surface area is 126 Å². The maximum Gasteiger partial charge on any atom is 0.347 e. The van der Waals surface area contributed by atoms with Crippen molar-refractivity contribution in [3.05, 3.63) is 30.3 Å². The third kappa shape index (κ3) is 4.46. The molecule has 116 valence electrons. The second-order valence-corrected chi connectivity index (χ2v) is 6.24. The van der Waals surface area contributed by atoms with E-state index in [-0.39, 0.29) is 5.97 Å². The molecule has 1 atom stereocenters. The minimum absolute atomic E-state index is 0.293. The second kappa shape index (κ2) is 6.94. The molecule has 1 unspecified atom stereocenters. The van der Waals surface area contributed by atoms with Crippen LogP contribution in [0.25, 0.3) is 0 Å². The molecule has 0 spiro atoms. The molecule has 1 aromatic rings. The Kier molecular flexibility index (Phi) is 5.23. The van der Waals surface area contributed by atoms with Gasteiger partial charge in [0, 0.05) is 18.8 Å². The summed E-state index contributed by atoms with van der Waals surface area (Å²) in [5.74, 6) is 0.820. The summed E-state index contributed by atoms with van der Waals surface area (Å²) in [4.78, 5) is 12.3. The highest BCUT2D eigenvalue weighted by molar-refractivity contribution is 5.75. The van der Waals surface area contributed by atoms with Gasteiger partial charge in [0.2, 0.25) is 0 Å². The minimum Gasteiger partial charge on any atom is -0.479 e. The highest BCUT2D eigenvalue weighted by Gasteiger charge is 2.36. The maximum atomic E-state index is 12.3. The molecule has 1 aromatic carbocycles. The first-order chi connectivity index (χ1) is 9.99. The second-order valence-electron chi connectivity index (χ2n) is 6.24. The van der Waals surface area contributed by atoms with Crippen molar-refractivity contribution in [2.75, 3.05) is 13.1 Å². The van der Waals surface area contributed by atoms with Crippen LogP contribution in [-0.2, 0) is 9.53 Å². The van der Waals surface area contributed by atoms with Crippen molar-refractivity contribution in [2.45, 2.75) is 45.3 Å². The molecule has 0 aromatic heterocycles. The first kappa shape index (κ1) is 15.8. The monoisotopic (exact) mass is 292 g/mol. The Morgan fingerprint density at radius 3 is 2.48 bits per heavy atom. The van der Waals surface area contributed by atoms with Crippen LogP contribution in [0.2, 0.25) is 0 Å². The van der Waals surface area contributed by atoms with Gasteiger partial charge in [0.15, 0.2) is 6.10 Å². The van der Waals surface area contributed by atoms with Crippen LogP contribution in [0.3, 0.4) is 0 Å². The number of hydrogen-bond acceptors (Lipinski definition) is 3. The summed E-state index contributed by atoms with van der Waals surface area (Å²) in [7, 11) is 0. The number of quaternary nitrogens is 1. The molecule has 0 aliphatic carbocycles. The van der Waals surface area contributed by atoms with E-state index in [0.29, 0.717) is 11.7 Å². The van der Waals surface area contributed by atoms with Gasteiger partial charge in [-0.1, -0.05) is 18.2 Å². The van der Waals surface area contributed by atoms with Crippen LogP contribution in [-0.4, -0.2) is 30.8 Å². The van der Waals surface area contributed by atoms with Gasteiger partial charge in [0.1, 0.15) is 11.4 Å². The average Bonchev–Trinajstić information content (AvgIpc) is 2.48. The highest BCUT2D eigenvalue weighted by Crippen LogP contribution is 2.28. The molecule has 0 radical (unpaired) electrons. The van der Waals surface area contributed by atoms with Gasteiger partial charge >= 0.3 is 5.97 Å². The Morgan fingerprint density at radius 2 is 1.86 bits per heavy atom. The lowest BCUT2D eigenvalue weighted by atomic mass is 9.83. The van der Waals surface area contributed by atoms with Crippen molar-refractivity contribution in [1.29, 1.82) is 0 Å². The topological polar surface area (TPSA) is 52.1 Å². The number of carbonyl (C=O) groups excluding carboxylic acids is 1. The normalized spacial score (nSPS) is 18.0. The van der Waals surface area contributed by atoms with Crippen molar-refractivity contribution >= 4 is 5.97 Å². The molecule has 4 nitrogen and oxygen atoms in total. The number of hydrogen-bond donors (Lipinski definition) is 1. The number of rotatable bonds is 5. The van der Waals surface area contributed by atoms with E-state index in [9.17, 15) is 4.79 Å². The zero-order valence-electron chi connectivity index (χ0n) is 13.2. The third-order valence-electron chi connectivity index (χ3n) is 4.17. The molecule has 1 fully saturated rings. The molecule has 1 aliphatic rings. The van der Waals surface area contributed by atoms with E-state index in [2.05, 4.69) is 5.32 Å². The van der Waals surface area contributed by atoms with Gasteiger partial charge in [-0.15, -0.1) is 0 Å². The quantitative estimate of drug-likeness (QED) is 0.841. The number of benzene rings is 1. The zero-order chi connectivity index (χ0) is 15.3. The van der Waals surface area contributed by atoms with Crippen molar-refractivity contribution < 1.29 is 19.6 Å². The molecule has 4 heteroatoms. The van der Waals surface area contributed by atoms with Gasteiger partial charge in [0.25, 0.3) is 0 Å². The van der Waals surface area contributed by atoms with E-state index in [4.69, 9.17) is 9.47 Å². The number of esters is 1. The van der Waals surface area contributed by atoms with Gasteiger partial charge in [-0.2, -0.15) is 0 Å². The molecule has 1 aliphatic heterocycles. The number of ether oxygens (including phenoxy) is 2. The fourth-order valence-electron chi connectivity index (χ4n) is 2.80. The first-order valence-corrected chi connectivity index (χ1v) is 7.75. The SMILES string of the molecule is CC(Oc1ccccc1)C(=O)OC(C)(C)C1CC[NH2+]CC1. The average molecular weight is 292 g/mol. The van der Waals surface area contributed by atoms with Gasteiger partial charge < -0.3 is 14.8 Å². The van der Waals surface area contributed by atoms with E-state index < -0.39 is 11.7 Å². The number of carbonyl (C=O) groups is 1. The van der Waals surface area contributed by atoms with Crippen LogP contribution in [0, 0.1) is 5.92 Å². The van der Waals surface area contributed by atoms with Gasteiger partial charge in [0.05, 0.1) is 13.1 Å². The van der Waals surface area contributed by atoms with E-state index in [0.717, 1.165) is 25.9 Å². The van der Waals surface area contributed by atoms with Gasteiger partial charge in [-0.3, -0.25) is 0 Å². The highest BCUT2D eigenvalue weighted by atomic mass is 16.6. The molecule has 1 heterocycles. The fourth-order valence-corrected chi connectivity index (χ4v) is 2.80. The van der Waals surface area contributed by atoms with Gasteiger partial charge in [-0.05, 0) is 32.9 Å². The van der Waals surface area contributed by atoms with Crippen LogP contribution in [0.4, 0.5) is 0 Å².